The van der Waals surface area contributed by atoms with Gasteiger partial charge < -0.3 is 4.74 Å². The molecule has 1 heterocycles. The predicted octanol–water partition coefficient (Wildman–Crippen LogP) is 1.37. The van der Waals surface area contributed by atoms with E-state index in [9.17, 15) is 12.6 Å². The molecule has 0 amide bonds. The summed E-state index contributed by atoms with van der Waals surface area (Å²) in [5.74, 6) is 0. The molecular formula is C11H15ClN2O4S2. The van der Waals surface area contributed by atoms with Crippen LogP contribution >= 0.6 is 11.6 Å². The second-order valence-electron chi connectivity index (χ2n) is 4.31. The lowest BCUT2D eigenvalue weighted by atomic mass is 10.4. The van der Waals surface area contributed by atoms with Crippen molar-refractivity contribution in [3.8, 4) is 0 Å². The molecule has 0 spiro atoms. The van der Waals surface area contributed by atoms with Crippen molar-refractivity contribution in [2.45, 2.75) is 4.90 Å². The van der Waals surface area contributed by atoms with Crippen LogP contribution in [0.25, 0.3) is 0 Å². The third kappa shape index (κ3) is 3.70. The minimum atomic E-state index is -3.98. The van der Waals surface area contributed by atoms with Gasteiger partial charge in [-0.1, -0.05) is 15.4 Å². The summed E-state index contributed by atoms with van der Waals surface area (Å²) in [4.78, 5) is -0.0234. The molecule has 1 aromatic rings. The molecule has 1 aliphatic heterocycles. The van der Waals surface area contributed by atoms with Crippen molar-refractivity contribution in [1.29, 1.82) is 0 Å². The highest BCUT2D eigenvalue weighted by molar-refractivity contribution is 8.01. The first kappa shape index (κ1) is 15.7. The molecule has 0 aliphatic carbocycles. The molecule has 9 heteroatoms. The third-order valence-electron chi connectivity index (χ3n) is 2.80. The first-order valence-electron chi connectivity index (χ1n) is 5.88. The van der Waals surface area contributed by atoms with Crippen LogP contribution < -0.4 is 0 Å². The number of halogens is 1. The van der Waals surface area contributed by atoms with E-state index in [-0.39, 0.29) is 4.90 Å². The number of hydrogen-bond donors (Lipinski definition) is 0. The van der Waals surface area contributed by atoms with E-state index < -0.39 is 19.9 Å². The van der Waals surface area contributed by atoms with Crippen LogP contribution in [0.4, 0.5) is 0 Å². The van der Waals surface area contributed by atoms with Crippen LogP contribution in [0.3, 0.4) is 0 Å². The molecular weight excluding hydrogens is 324 g/mol. The van der Waals surface area contributed by atoms with Crippen molar-refractivity contribution in [3.63, 3.8) is 0 Å². The molecule has 0 N–H and O–H groups in total. The van der Waals surface area contributed by atoms with Crippen molar-refractivity contribution in [2.75, 3.05) is 32.6 Å². The SMILES string of the molecule is CS(=O)(=NS(=O)(=O)c1ccc(Cl)cc1)N1CCOCC1. The van der Waals surface area contributed by atoms with Gasteiger partial charge in [0.15, 0.2) is 0 Å². The topological polar surface area (TPSA) is 76.0 Å². The van der Waals surface area contributed by atoms with Crippen molar-refractivity contribution in [2.24, 2.45) is 3.77 Å². The maximum absolute atomic E-state index is 12.5. The van der Waals surface area contributed by atoms with Crippen LogP contribution in [0.5, 0.6) is 0 Å². The Hall–Kier alpha value is -0.670. The van der Waals surface area contributed by atoms with Crippen LogP contribution in [0.2, 0.25) is 5.02 Å². The number of sulfonamides is 1. The summed E-state index contributed by atoms with van der Waals surface area (Å²) in [5.41, 5.74) is 0. The molecule has 0 bridgehead atoms. The smallest absolute Gasteiger partial charge is 0.291 e. The zero-order valence-electron chi connectivity index (χ0n) is 10.9. The van der Waals surface area contributed by atoms with Gasteiger partial charge in [0.25, 0.3) is 10.0 Å². The van der Waals surface area contributed by atoms with Crippen LogP contribution in [-0.4, -0.2) is 49.5 Å². The van der Waals surface area contributed by atoms with E-state index in [1.165, 1.54) is 34.8 Å². The average molecular weight is 339 g/mol. The van der Waals surface area contributed by atoms with E-state index in [0.717, 1.165) is 0 Å². The number of rotatable bonds is 3. The molecule has 2 rings (SSSR count). The number of morpholine rings is 1. The molecule has 1 aliphatic rings. The zero-order chi connectivity index (χ0) is 14.8. The largest absolute Gasteiger partial charge is 0.379 e. The van der Waals surface area contributed by atoms with Gasteiger partial charge in [0.1, 0.15) is 9.92 Å². The van der Waals surface area contributed by atoms with Crippen LogP contribution in [0.15, 0.2) is 32.9 Å². The van der Waals surface area contributed by atoms with E-state index in [4.69, 9.17) is 16.3 Å². The minimum Gasteiger partial charge on any atom is -0.379 e. The number of hydrogen-bond acceptors (Lipinski definition) is 4. The van der Waals surface area contributed by atoms with Gasteiger partial charge in [0.2, 0.25) is 0 Å². The molecule has 0 radical (unpaired) electrons. The molecule has 1 atom stereocenters. The fraction of sp³-hybridized carbons (Fsp3) is 0.455. The van der Waals surface area contributed by atoms with Crippen molar-refractivity contribution in [3.05, 3.63) is 29.3 Å². The fourth-order valence-corrected chi connectivity index (χ4v) is 5.37. The molecule has 112 valence electrons. The van der Waals surface area contributed by atoms with Gasteiger partial charge in [-0.25, -0.2) is 8.51 Å². The Labute approximate surface area is 124 Å². The van der Waals surface area contributed by atoms with E-state index >= 15 is 0 Å². The first-order valence-corrected chi connectivity index (χ1v) is 9.58. The zero-order valence-corrected chi connectivity index (χ0v) is 13.2. The predicted molar refractivity (Wildman–Crippen MR) is 77.5 cm³/mol. The van der Waals surface area contributed by atoms with E-state index in [0.29, 0.717) is 31.3 Å². The summed E-state index contributed by atoms with van der Waals surface area (Å²) in [6.07, 6.45) is 1.33. The molecule has 20 heavy (non-hydrogen) atoms. The maximum atomic E-state index is 12.5. The second kappa shape index (κ2) is 5.98. The molecule has 6 nitrogen and oxygen atoms in total. The van der Waals surface area contributed by atoms with Crippen LogP contribution in [-0.2, 0) is 24.7 Å². The van der Waals surface area contributed by atoms with Gasteiger partial charge >= 0.3 is 0 Å². The number of benzene rings is 1. The van der Waals surface area contributed by atoms with E-state index in [1.54, 1.807) is 0 Å². The lowest BCUT2D eigenvalue weighted by Gasteiger charge is -2.26. The quantitative estimate of drug-likeness (QED) is 0.834. The lowest BCUT2D eigenvalue weighted by molar-refractivity contribution is 0.0748. The summed E-state index contributed by atoms with van der Waals surface area (Å²) in [7, 11) is -6.97. The second-order valence-corrected chi connectivity index (χ2v) is 8.80. The lowest BCUT2D eigenvalue weighted by Crippen LogP contribution is -2.40. The summed E-state index contributed by atoms with van der Waals surface area (Å²) >= 11 is 5.71. The van der Waals surface area contributed by atoms with Gasteiger partial charge in [0, 0.05) is 24.4 Å². The maximum Gasteiger partial charge on any atom is 0.291 e. The fourth-order valence-electron chi connectivity index (χ4n) is 1.76. The Bertz CT molecular complexity index is 688. The molecule has 1 saturated heterocycles. The van der Waals surface area contributed by atoms with E-state index in [2.05, 4.69) is 3.77 Å². The highest BCUT2D eigenvalue weighted by Gasteiger charge is 2.23. The van der Waals surface area contributed by atoms with Crippen molar-refractivity contribution >= 4 is 31.5 Å². The molecule has 1 unspecified atom stereocenters. The van der Waals surface area contributed by atoms with Gasteiger partial charge in [-0.15, -0.1) is 0 Å². The highest BCUT2D eigenvalue weighted by atomic mass is 35.5. The molecule has 1 fully saturated rings. The Morgan fingerprint density at radius 2 is 1.70 bits per heavy atom. The van der Waals surface area contributed by atoms with Crippen LogP contribution in [0, 0.1) is 0 Å². The Kier molecular flexibility index (Phi) is 4.70. The monoisotopic (exact) mass is 338 g/mol. The normalized spacial score (nSPS) is 20.3. The first-order chi connectivity index (χ1) is 9.31. The molecule has 0 saturated carbocycles. The summed E-state index contributed by atoms with van der Waals surface area (Å²) in [5, 5.41) is 0.425. The van der Waals surface area contributed by atoms with Crippen molar-refractivity contribution in [1.82, 2.24) is 4.31 Å². The molecule has 1 aromatic carbocycles. The average Bonchev–Trinajstić information content (AvgIpc) is 2.39. The van der Waals surface area contributed by atoms with Crippen LogP contribution in [0.1, 0.15) is 0 Å². The molecule has 0 aromatic heterocycles. The van der Waals surface area contributed by atoms with Gasteiger partial charge in [-0.3, -0.25) is 0 Å². The number of ether oxygens (including phenoxy) is 1. The summed E-state index contributed by atoms with van der Waals surface area (Å²) in [6.45, 7) is 1.63. The summed E-state index contributed by atoms with van der Waals surface area (Å²) < 4.78 is 47.1. The van der Waals surface area contributed by atoms with Gasteiger partial charge in [0.05, 0.1) is 18.1 Å². The van der Waals surface area contributed by atoms with Gasteiger partial charge in [-0.2, -0.15) is 8.42 Å². The van der Waals surface area contributed by atoms with E-state index in [1.807, 2.05) is 0 Å². The van der Waals surface area contributed by atoms with Crippen molar-refractivity contribution < 1.29 is 17.4 Å². The number of nitrogens with zero attached hydrogens (tertiary/aromatic N) is 2. The standard InChI is InChI=1S/C11H15ClN2O4S2/c1-19(15,14-6-8-18-9-7-14)13-20(16,17)11-4-2-10(12)3-5-11/h2-5H,6-9H2,1H3. The minimum absolute atomic E-state index is 0.0234. The highest BCUT2D eigenvalue weighted by Crippen LogP contribution is 2.18. The van der Waals surface area contributed by atoms with Gasteiger partial charge in [-0.05, 0) is 24.3 Å². The Balaban J connectivity index is 2.36. The Morgan fingerprint density at radius 1 is 1.15 bits per heavy atom. The third-order valence-corrected chi connectivity index (χ3v) is 7.13. The summed E-state index contributed by atoms with van der Waals surface area (Å²) in [6, 6.07) is 5.60. The Morgan fingerprint density at radius 3 is 2.25 bits per heavy atom.